The molecule has 0 rings (SSSR count). The van der Waals surface area contributed by atoms with Crippen molar-refractivity contribution < 1.29 is 28.6 Å². The van der Waals surface area contributed by atoms with Gasteiger partial charge in [0.15, 0.2) is 6.10 Å². The Morgan fingerprint density at radius 2 is 0.481 bits per heavy atom. The zero-order chi connectivity index (χ0) is 58.5. The third-order valence-electron chi connectivity index (χ3n) is 14.5. The molecule has 462 valence electrons. The number of ether oxygens (including phenoxy) is 3. The van der Waals surface area contributed by atoms with Crippen molar-refractivity contribution in [2.75, 3.05) is 13.2 Å². The Hall–Kier alpha value is -4.19. The molecule has 0 saturated carbocycles. The molecule has 0 aliphatic heterocycles. The van der Waals surface area contributed by atoms with Gasteiger partial charge in [-0.25, -0.2) is 0 Å². The molecule has 81 heavy (non-hydrogen) atoms. The molecule has 0 aliphatic carbocycles. The molecular weight excluding hydrogens is 997 g/mol. The summed E-state index contributed by atoms with van der Waals surface area (Å²) in [5.74, 6) is -0.921. The highest BCUT2D eigenvalue weighted by Crippen LogP contribution is 2.17. The highest BCUT2D eigenvalue weighted by atomic mass is 16.6. The Morgan fingerprint density at radius 3 is 0.765 bits per heavy atom. The summed E-state index contributed by atoms with van der Waals surface area (Å²) in [4.78, 5) is 38.4. The number of carbonyl (C=O) groups excluding carboxylic acids is 3. The summed E-state index contributed by atoms with van der Waals surface area (Å²) >= 11 is 0. The molecule has 0 spiro atoms. The second-order valence-electron chi connectivity index (χ2n) is 22.3. The van der Waals surface area contributed by atoms with Gasteiger partial charge in [-0.15, -0.1) is 0 Å². The average Bonchev–Trinajstić information content (AvgIpc) is 3.47. The predicted octanol–water partition coefficient (Wildman–Crippen LogP) is 23.6. The average molecular weight is 1120 g/mol. The second kappa shape index (κ2) is 68.3. The molecule has 0 aromatic carbocycles. The fraction of sp³-hybridized carbons (Fsp3) is 0.693. The van der Waals surface area contributed by atoms with E-state index in [1.807, 2.05) is 0 Å². The quantitative estimate of drug-likeness (QED) is 0.0261. The van der Waals surface area contributed by atoms with E-state index in [0.29, 0.717) is 12.8 Å². The number of hydrogen-bond donors (Lipinski definition) is 0. The predicted molar refractivity (Wildman–Crippen MR) is 353 cm³/mol. The topological polar surface area (TPSA) is 78.9 Å². The van der Waals surface area contributed by atoms with Crippen LogP contribution in [0.3, 0.4) is 0 Å². The molecule has 0 bridgehead atoms. The SMILES string of the molecule is CC/C=C\C/C=C\C/C=C\C/C=C\C/C=C\CCCCCCCCCCCC(=O)OCC(COC(=O)CCCCCCCCCCCCCCCCCCCCC)OC(=O)CCCCC/C=C\C/C=C\C/C=C\C/C=C\C/C=C\CC. The van der Waals surface area contributed by atoms with Crippen molar-refractivity contribution >= 4 is 17.9 Å². The van der Waals surface area contributed by atoms with Crippen LogP contribution in [0.5, 0.6) is 0 Å². The summed E-state index contributed by atoms with van der Waals surface area (Å²) in [6.45, 7) is 6.42. The molecule has 0 heterocycles. The number of rotatable bonds is 61. The van der Waals surface area contributed by atoms with E-state index in [-0.39, 0.29) is 37.5 Å². The molecular formula is C75H126O6. The molecule has 6 heteroatoms. The Balaban J connectivity index is 4.43. The maximum atomic E-state index is 12.9. The van der Waals surface area contributed by atoms with Gasteiger partial charge in [0.25, 0.3) is 0 Å². The van der Waals surface area contributed by atoms with Gasteiger partial charge in [-0.2, -0.15) is 0 Å². The van der Waals surface area contributed by atoms with E-state index in [0.717, 1.165) is 135 Å². The van der Waals surface area contributed by atoms with Crippen LogP contribution in [0.4, 0.5) is 0 Å². The van der Waals surface area contributed by atoms with Crippen LogP contribution in [0.15, 0.2) is 122 Å². The Kier molecular flexibility index (Phi) is 64.8. The molecule has 0 N–H and O–H groups in total. The van der Waals surface area contributed by atoms with Crippen LogP contribution < -0.4 is 0 Å². The number of hydrogen-bond acceptors (Lipinski definition) is 6. The number of esters is 3. The summed E-state index contributed by atoms with van der Waals surface area (Å²) < 4.78 is 17.0. The van der Waals surface area contributed by atoms with E-state index < -0.39 is 6.10 Å². The van der Waals surface area contributed by atoms with Crippen LogP contribution in [0, 0.1) is 0 Å². The third-order valence-corrected chi connectivity index (χ3v) is 14.5. The van der Waals surface area contributed by atoms with Gasteiger partial charge < -0.3 is 14.2 Å². The minimum atomic E-state index is -0.802. The first-order chi connectivity index (χ1) is 40.0. The van der Waals surface area contributed by atoms with E-state index in [1.165, 1.54) is 141 Å². The van der Waals surface area contributed by atoms with Gasteiger partial charge in [0, 0.05) is 19.3 Å². The maximum absolute atomic E-state index is 12.9. The summed E-state index contributed by atoms with van der Waals surface area (Å²) in [7, 11) is 0. The van der Waals surface area contributed by atoms with Crippen molar-refractivity contribution in [2.45, 2.75) is 322 Å². The zero-order valence-electron chi connectivity index (χ0n) is 53.0. The lowest BCUT2D eigenvalue weighted by molar-refractivity contribution is -0.167. The molecule has 1 atom stereocenters. The van der Waals surface area contributed by atoms with Gasteiger partial charge in [0.05, 0.1) is 0 Å². The molecule has 0 saturated heterocycles. The largest absolute Gasteiger partial charge is 0.462 e. The van der Waals surface area contributed by atoms with Gasteiger partial charge in [0.1, 0.15) is 13.2 Å². The summed E-state index contributed by atoms with van der Waals surface area (Å²) in [6.07, 6.45) is 94.9. The van der Waals surface area contributed by atoms with Crippen molar-refractivity contribution in [3.8, 4) is 0 Å². The maximum Gasteiger partial charge on any atom is 0.306 e. The van der Waals surface area contributed by atoms with Crippen molar-refractivity contribution in [2.24, 2.45) is 0 Å². The summed E-state index contributed by atoms with van der Waals surface area (Å²) in [5, 5.41) is 0. The first kappa shape index (κ1) is 76.8. The standard InChI is InChI=1S/C75H126O6/c1-4-7-10-13-16-19-22-25-28-31-34-35-36-37-38-39-42-44-47-50-53-56-59-62-65-68-74(77)80-71-72(81-75(78)69-66-63-60-57-54-51-48-45-41-33-30-27-24-21-18-15-12-9-6-3)70-79-73(76)67-64-61-58-55-52-49-46-43-40-32-29-26-23-20-17-14-11-8-5-2/h7,9-10,12,16,18-19,21,25,27-28,30,34-35,37-38,41,45,51,54,72H,4-6,8,11,13-15,17,20,22-24,26,29,31-33,36,39-40,42-44,46-50,52-53,55-71H2,1-3H3/b10-7-,12-9-,19-16-,21-18-,28-25-,30-27-,35-34-,38-37-,45-41-,54-51-. The van der Waals surface area contributed by atoms with Gasteiger partial charge in [0.2, 0.25) is 0 Å². The normalized spacial score (nSPS) is 12.9. The lowest BCUT2D eigenvalue weighted by atomic mass is 10.0. The first-order valence-corrected chi connectivity index (χ1v) is 34.0. The van der Waals surface area contributed by atoms with Crippen molar-refractivity contribution in [3.63, 3.8) is 0 Å². The van der Waals surface area contributed by atoms with Crippen LogP contribution >= 0.6 is 0 Å². The molecule has 0 amide bonds. The Labute approximate surface area is 501 Å². The summed E-state index contributed by atoms with van der Waals surface area (Å²) in [6, 6.07) is 0. The van der Waals surface area contributed by atoms with E-state index in [1.54, 1.807) is 0 Å². The van der Waals surface area contributed by atoms with Crippen molar-refractivity contribution in [3.05, 3.63) is 122 Å². The van der Waals surface area contributed by atoms with Crippen LogP contribution in [-0.2, 0) is 28.6 Å². The van der Waals surface area contributed by atoms with Gasteiger partial charge >= 0.3 is 17.9 Å². The molecule has 0 aromatic rings. The first-order valence-electron chi connectivity index (χ1n) is 34.0. The van der Waals surface area contributed by atoms with Gasteiger partial charge in [-0.3, -0.25) is 14.4 Å². The Morgan fingerprint density at radius 1 is 0.259 bits per heavy atom. The lowest BCUT2D eigenvalue weighted by Gasteiger charge is -2.18. The molecule has 1 unspecified atom stereocenters. The molecule has 0 aromatic heterocycles. The molecule has 0 radical (unpaired) electrons. The van der Waals surface area contributed by atoms with E-state index in [4.69, 9.17) is 14.2 Å². The molecule has 6 nitrogen and oxygen atoms in total. The minimum Gasteiger partial charge on any atom is -0.462 e. The van der Waals surface area contributed by atoms with E-state index in [2.05, 4.69) is 142 Å². The van der Waals surface area contributed by atoms with Crippen LogP contribution in [0.25, 0.3) is 0 Å². The van der Waals surface area contributed by atoms with Crippen LogP contribution in [0.1, 0.15) is 316 Å². The van der Waals surface area contributed by atoms with Crippen LogP contribution in [-0.4, -0.2) is 37.2 Å². The van der Waals surface area contributed by atoms with Gasteiger partial charge in [-0.1, -0.05) is 309 Å². The minimum absolute atomic E-state index is 0.0928. The number of allylic oxidation sites excluding steroid dienone is 20. The van der Waals surface area contributed by atoms with E-state index in [9.17, 15) is 14.4 Å². The number of unbranched alkanes of at least 4 members (excludes halogenated alkanes) is 30. The Bertz CT molecular complexity index is 1670. The molecule has 0 aliphatic rings. The fourth-order valence-corrected chi connectivity index (χ4v) is 9.44. The zero-order valence-corrected chi connectivity index (χ0v) is 53.0. The third kappa shape index (κ3) is 66.5. The number of carbonyl (C=O) groups is 3. The highest BCUT2D eigenvalue weighted by molar-refractivity contribution is 5.71. The lowest BCUT2D eigenvalue weighted by Crippen LogP contribution is -2.30. The monoisotopic (exact) mass is 1120 g/mol. The van der Waals surface area contributed by atoms with Crippen molar-refractivity contribution in [1.82, 2.24) is 0 Å². The molecule has 0 fully saturated rings. The second-order valence-corrected chi connectivity index (χ2v) is 22.3. The summed E-state index contributed by atoms with van der Waals surface area (Å²) in [5.41, 5.74) is 0. The van der Waals surface area contributed by atoms with Crippen LogP contribution in [0.2, 0.25) is 0 Å². The van der Waals surface area contributed by atoms with Gasteiger partial charge in [-0.05, 0) is 109 Å². The highest BCUT2D eigenvalue weighted by Gasteiger charge is 2.19. The van der Waals surface area contributed by atoms with E-state index >= 15 is 0 Å². The van der Waals surface area contributed by atoms with Crippen molar-refractivity contribution in [1.29, 1.82) is 0 Å². The fourth-order valence-electron chi connectivity index (χ4n) is 9.44. The smallest absolute Gasteiger partial charge is 0.306 e.